The van der Waals surface area contributed by atoms with Crippen LogP contribution in [0.15, 0.2) is 97.1 Å². The lowest BCUT2D eigenvalue weighted by atomic mass is 10.1. The SMILES string of the molecule is CC(=O)Nc1ccc(OC(=O)c2ccccc2O)cc1.COc1cc(O)c(C(=O)C=Cc2ccccc2)c(OC)c1. The Morgan fingerprint density at radius 2 is 1.41 bits per heavy atom. The summed E-state index contributed by atoms with van der Waals surface area (Å²) in [5, 5.41) is 22.1. The molecule has 0 aliphatic carbocycles. The van der Waals surface area contributed by atoms with E-state index in [0.717, 1.165) is 5.56 Å². The number of nitrogens with one attached hydrogen (secondary N) is 1. The van der Waals surface area contributed by atoms with Gasteiger partial charge in [0.15, 0.2) is 5.78 Å². The average molecular weight is 556 g/mol. The first-order valence-electron chi connectivity index (χ1n) is 12.3. The van der Waals surface area contributed by atoms with Crippen LogP contribution in [0.2, 0.25) is 0 Å². The predicted octanol–water partition coefficient (Wildman–Crippen LogP) is 5.88. The third-order valence-corrected chi connectivity index (χ3v) is 5.49. The molecule has 4 aromatic rings. The molecular formula is C32H29NO8. The van der Waals surface area contributed by atoms with E-state index < -0.39 is 5.97 Å². The zero-order chi connectivity index (χ0) is 29.8. The van der Waals surface area contributed by atoms with Crippen LogP contribution in [-0.2, 0) is 4.79 Å². The third-order valence-electron chi connectivity index (χ3n) is 5.49. The molecule has 41 heavy (non-hydrogen) atoms. The predicted molar refractivity (Wildman–Crippen MR) is 155 cm³/mol. The van der Waals surface area contributed by atoms with E-state index >= 15 is 0 Å². The highest BCUT2D eigenvalue weighted by molar-refractivity contribution is 6.10. The summed E-state index contributed by atoms with van der Waals surface area (Å²) in [5.41, 5.74) is 1.72. The summed E-state index contributed by atoms with van der Waals surface area (Å²) in [5.74, 6) is -0.439. The van der Waals surface area contributed by atoms with Crippen LogP contribution in [-0.4, -0.2) is 42.1 Å². The fourth-order valence-corrected chi connectivity index (χ4v) is 3.54. The molecule has 0 aliphatic rings. The lowest BCUT2D eigenvalue weighted by molar-refractivity contribution is -0.114. The largest absolute Gasteiger partial charge is 0.507 e. The molecule has 0 aromatic heterocycles. The normalized spacial score (nSPS) is 10.2. The summed E-state index contributed by atoms with van der Waals surface area (Å²) in [7, 11) is 2.91. The summed E-state index contributed by atoms with van der Waals surface area (Å²) < 4.78 is 15.3. The monoisotopic (exact) mass is 555 g/mol. The van der Waals surface area contributed by atoms with E-state index in [-0.39, 0.29) is 40.1 Å². The van der Waals surface area contributed by atoms with Crippen molar-refractivity contribution in [2.24, 2.45) is 0 Å². The Labute approximate surface area is 237 Å². The second kappa shape index (κ2) is 14.5. The molecule has 0 saturated heterocycles. The van der Waals surface area contributed by atoms with Gasteiger partial charge in [0.25, 0.3) is 0 Å². The molecule has 0 radical (unpaired) electrons. The van der Waals surface area contributed by atoms with Gasteiger partial charge in [0, 0.05) is 24.7 Å². The number of hydrogen-bond donors (Lipinski definition) is 3. The van der Waals surface area contributed by atoms with Crippen LogP contribution in [0.25, 0.3) is 6.08 Å². The van der Waals surface area contributed by atoms with Gasteiger partial charge in [-0.25, -0.2) is 4.79 Å². The Morgan fingerprint density at radius 3 is 2.02 bits per heavy atom. The molecule has 9 nitrogen and oxygen atoms in total. The van der Waals surface area contributed by atoms with Crippen molar-refractivity contribution >= 4 is 29.4 Å². The highest BCUT2D eigenvalue weighted by Gasteiger charge is 2.17. The maximum atomic E-state index is 12.3. The summed E-state index contributed by atoms with van der Waals surface area (Å²) in [6.45, 7) is 1.41. The minimum atomic E-state index is -0.643. The number of hydrogen-bond acceptors (Lipinski definition) is 8. The molecule has 4 rings (SSSR count). The lowest BCUT2D eigenvalue weighted by Crippen LogP contribution is -2.09. The molecule has 0 bridgehead atoms. The highest BCUT2D eigenvalue weighted by Crippen LogP contribution is 2.34. The second-order valence-electron chi connectivity index (χ2n) is 8.44. The van der Waals surface area contributed by atoms with Crippen LogP contribution in [0.5, 0.6) is 28.7 Å². The summed E-state index contributed by atoms with van der Waals surface area (Å²) >= 11 is 0. The molecule has 0 fully saturated rings. The molecule has 0 spiro atoms. The minimum absolute atomic E-state index is 0.0958. The number of carbonyl (C=O) groups is 3. The Hall–Kier alpha value is -5.57. The topological polar surface area (TPSA) is 131 Å². The Balaban J connectivity index is 0.000000226. The van der Waals surface area contributed by atoms with Gasteiger partial charge in [-0.2, -0.15) is 0 Å². The first kappa shape index (κ1) is 30.0. The molecule has 1 amide bonds. The summed E-state index contributed by atoms with van der Waals surface area (Å²) in [6.07, 6.45) is 3.09. The van der Waals surface area contributed by atoms with Crippen molar-refractivity contribution in [1.82, 2.24) is 0 Å². The number of amides is 1. The molecule has 0 atom stereocenters. The van der Waals surface area contributed by atoms with E-state index in [9.17, 15) is 24.6 Å². The molecule has 210 valence electrons. The van der Waals surface area contributed by atoms with Crippen LogP contribution in [0, 0.1) is 0 Å². The molecule has 4 aromatic carbocycles. The summed E-state index contributed by atoms with van der Waals surface area (Å²) in [6, 6.07) is 24.9. The number of ether oxygens (including phenoxy) is 3. The number of phenolic OH excluding ortho intramolecular Hbond substituents is 2. The molecule has 3 N–H and O–H groups in total. The number of allylic oxidation sites excluding steroid dienone is 1. The van der Waals surface area contributed by atoms with Gasteiger partial charge in [0.1, 0.15) is 39.9 Å². The Kier molecular flexibility index (Phi) is 10.6. The van der Waals surface area contributed by atoms with Crippen LogP contribution in [0.3, 0.4) is 0 Å². The minimum Gasteiger partial charge on any atom is -0.507 e. The Bertz CT molecular complexity index is 1530. The zero-order valence-corrected chi connectivity index (χ0v) is 22.7. The van der Waals surface area contributed by atoms with Crippen molar-refractivity contribution in [2.75, 3.05) is 19.5 Å². The molecule has 0 heterocycles. The standard InChI is InChI=1S/C17H16O4.C15H13NO4/c1-20-13-10-15(19)17(16(11-13)21-2)14(18)9-8-12-6-4-3-5-7-12;1-10(17)16-11-6-8-12(9-7-11)20-15(19)13-4-2-3-5-14(13)18/h3-11,19H,1-2H3;2-9,18H,1H3,(H,16,17). The summed E-state index contributed by atoms with van der Waals surface area (Å²) in [4.78, 5) is 35.0. The number of anilines is 1. The van der Waals surface area contributed by atoms with Crippen molar-refractivity contribution in [1.29, 1.82) is 0 Å². The number of benzene rings is 4. The number of aromatic hydroxyl groups is 2. The van der Waals surface area contributed by atoms with Crippen LogP contribution >= 0.6 is 0 Å². The van der Waals surface area contributed by atoms with Crippen molar-refractivity contribution in [3.05, 3.63) is 114 Å². The maximum absolute atomic E-state index is 12.3. The van der Waals surface area contributed by atoms with Gasteiger partial charge in [-0.05, 0) is 48.0 Å². The van der Waals surface area contributed by atoms with Crippen LogP contribution in [0.1, 0.15) is 33.2 Å². The van der Waals surface area contributed by atoms with Gasteiger partial charge in [0.05, 0.1) is 14.2 Å². The van der Waals surface area contributed by atoms with Gasteiger partial charge in [-0.1, -0.05) is 48.5 Å². The van der Waals surface area contributed by atoms with Gasteiger partial charge < -0.3 is 29.7 Å². The van der Waals surface area contributed by atoms with Crippen molar-refractivity contribution in [3.63, 3.8) is 0 Å². The molecular weight excluding hydrogens is 526 g/mol. The molecule has 9 heteroatoms. The first-order valence-corrected chi connectivity index (χ1v) is 12.3. The average Bonchev–Trinajstić information content (AvgIpc) is 2.97. The van der Waals surface area contributed by atoms with E-state index in [4.69, 9.17) is 14.2 Å². The van der Waals surface area contributed by atoms with E-state index in [0.29, 0.717) is 17.2 Å². The van der Waals surface area contributed by atoms with Crippen LogP contribution < -0.4 is 19.5 Å². The third kappa shape index (κ3) is 8.72. The smallest absolute Gasteiger partial charge is 0.347 e. The van der Waals surface area contributed by atoms with Crippen molar-refractivity contribution in [3.8, 4) is 28.7 Å². The molecule has 0 unspecified atom stereocenters. The fourth-order valence-electron chi connectivity index (χ4n) is 3.54. The number of carbonyl (C=O) groups excluding carboxylic acids is 3. The van der Waals surface area contributed by atoms with E-state index in [1.807, 2.05) is 30.3 Å². The zero-order valence-electron chi connectivity index (χ0n) is 22.7. The number of methoxy groups -OCH3 is 2. The van der Waals surface area contributed by atoms with Gasteiger partial charge in [0.2, 0.25) is 5.91 Å². The molecule has 0 aliphatic heterocycles. The number of phenols is 2. The Morgan fingerprint density at radius 1 is 0.756 bits per heavy atom. The van der Waals surface area contributed by atoms with Crippen molar-refractivity contribution < 1.29 is 38.8 Å². The van der Waals surface area contributed by atoms with E-state index in [1.54, 1.807) is 48.5 Å². The number of esters is 1. The van der Waals surface area contributed by atoms with Gasteiger partial charge in [-0.3, -0.25) is 9.59 Å². The van der Waals surface area contributed by atoms with Crippen LogP contribution in [0.4, 0.5) is 5.69 Å². The lowest BCUT2D eigenvalue weighted by Gasteiger charge is -2.10. The second-order valence-corrected chi connectivity index (χ2v) is 8.44. The number of rotatable bonds is 8. The highest BCUT2D eigenvalue weighted by atomic mass is 16.5. The van der Waals surface area contributed by atoms with Gasteiger partial charge in [-0.15, -0.1) is 0 Å². The first-order chi connectivity index (χ1) is 19.7. The van der Waals surface area contributed by atoms with Crippen molar-refractivity contribution in [2.45, 2.75) is 6.92 Å². The van der Waals surface area contributed by atoms with E-state index in [2.05, 4.69) is 5.32 Å². The van der Waals surface area contributed by atoms with Gasteiger partial charge >= 0.3 is 5.97 Å². The number of ketones is 1. The fraction of sp³-hybridized carbons (Fsp3) is 0.0938. The molecule has 0 saturated carbocycles. The maximum Gasteiger partial charge on any atom is 0.347 e. The van der Waals surface area contributed by atoms with E-state index in [1.165, 1.54) is 45.4 Å². The quantitative estimate of drug-likeness (QED) is 0.106. The number of para-hydroxylation sites is 1.